The van der Waals surface area contributed by atoms with Crippen LogP contribution in [0.1, 0.15) is 39.2 Å². The molecule has 2 aliphatic rings. The summed E-state index contributed by atoms with van der Waals surface area (Å²) in [4.78, 5) is 13.9. The summed E-state index contributed by atoms with van der Waals surface area (Å²) in [5.41, 5.74) is 2.98. The number of benzene rings is 1. The second-order valence-electron chi connectivity index (χ2n) is 7.35. The van der Waals surface area contributed by atoms with Crippen LogP contribution in [-0.2, 0) is 4.74 Å². The molecule has 0 unspecified atom stereocenters. The second-order valence-corrected chi connectivity index (χ2v) is 7.35. The van der Waals surface area contributed by atoms with Gasteiger partial charge in [0.15, 0.2) is 0 Å². The van der Waals surface area contributed by atoms with E-state index < -0.39 is 5.60 Å². The third-order valence-corrected chi connectivity index (χ3v) is 4.19. The second kappa shape index (κ2) is 5.07. The number of rotatable bonds is 0. The SMILES string of the molecule is Cc1ccc2c(c1)NC1(CCN(C(=O)OC(C)(C)C)CC1)N2. The van der Waals surface area contributed by atoms with Crippen molar-refractivity contribution in [1.29, 1.82) is 0 Å². The molecule has 0 atom stereocenters. The number of ether oxygens (including phenoxy) is 1. The van der Waals surface area contributed by atoms with Crippen molar-refractivity contribution >= 4 is 17.5 Å². The highest BCUT2D eigenvalue weighted by molar-refractivity contribution is 5.77. The fourth-order valence-electron chi connectivity index (χ4n) is 3.06. The maximum atomic E-state index is 12.1. The van der Waals surface area contributed by atoms with E-state index in [1.165, 1.54) is 5.56 Å². The van der Waals surface area contributed by atoms with E-state index in [0.29, 0.717) is 13.1 Å². The molecule has 1 spiro atoms. The number of nitrogens with one attached hydrogen (secondary N) is 2. The Labute approximate surface area is 132 Å². The first-order valence-electron chi connectivity index (χ1n) is 7.91. The number of likely N-dealkylation sites (tertiary alicyclic amines) is 1. The van der Waals surface area contributed by atoms with Gasteiger partial charge < -0.3 is 20.3 Å². The van der Waals surface area contributed by atoms with Crippen molar-refractivity contribution in [2.24, 2.45) is 0 Å². The van der Waals surface area contributed by atoms with Crippen LogP contribution in [0.4, 0.5) is 16.2 Å². The van der Waals surface area contributed by atoms with E-state index >= 15 is 0 Å². The van der Waals surface area contributed by atoms with Gasteiger partial charge in [-0.15, -0.1) is 0 Å². The van der Waals surface area contributed by atoms with Crippen LogP contribution in [0.3, 0.4) is 0 Å². The first kappa shape index (κ1) is 15.0. The molecule has 5 nitrogen and oxygen atoms in total. The van der Waals surface area contributed by atoms with Crippen molar-refractivity contribution in [3.63, 3.8) is 0 Å². The van der Waals surface area contributed by atoms with Gasteiger partial charge in [0.2, 0.25) is 0 Å². The van der Waals surface area contributed by atoms with Gasteiger partial charge in [0.05, 0.1) is 11.4 Å². The minimum atomic E-state index is -0.441. The molecule has 1 fully saturated rings. The minimum Gasteiger partial charge on any atom is -0.444 e. The lowest BCUT2D eigenvalue weighted by Crippen LogP contribution is -2.53. The zero-order valence-corrected chi connectivity index (χ0v) is 13.8. The van der Waals surface area contributed by atoms with Crippen molar-refractivity contribution in [3.05, 3.63) is 23.8 Å². The number of hydrogen-bond acceptors (Lipinski definition) is 4. The maximum absolute atomic E-state index is 12.1. The Balaban J connectivity index is 1.62. The Morgan fingerprint density at radius 3 is 2.45 bits per heavy atom. The molecule has 0 aliphatic carbocycles. The molecule has 1 saturated heterocycles. The van der Waals surface area contributed by atoms with Crippen LogP contribution < -0.4 is 10.6 Å². The Hall–Kier alpha value is -1.91. The third-order valence-electron chi connectivity index (χ3n) is 4.19. The zero-order chi connectivity index (χ0) is 16.0. The van der Waals surface area contributed by atoms with Crippen molar-refractivity contribution in [1.82, 2.24) is 4.90 Å². The quantitative estimate of drug-likeness (QED) is 0.769. The molecule has 0 bridgehead atoms. The van der Waals surface area contributed by atoms with Crippen LogP contribution in [0.5, 0.6) is 0 Å². The number of nitrogens with zero attached hydrogens (tertiary/aromatic N) is 1. The van der Waals surface area contributed by atoms with E-state index in [0.717, 1.165) is 24.2 Å². The highest BCUT2D eigenvalue weighted by Crippen LogP contribution is 2.39. The van der Waals surface area contributed by atoms with E-state index in [1.807, 2.05) is 20.8 Å². The van der Waals surface area contributed by atoms with Gasteiger partial charge in [0.1, 0.15) is 11.3 Å². The normalized spacial score (nSPS) is 19.4. The maximum Gasteiger partial charge on any atom is 0.410 e. The average Bonchev–Trinajstić information content (AvgIpc) is 2.74. The lowest BCUT2D eigenvalue weighted by atomic mass is 9.98. The monoisotopic (exact) mass is 303 g/mol. The number of anilines is 2. The lowest BCUT2D eigenvalue weighted by Gasteiger charge is -2.40. The van der Waals surface area contributed by atoms with E-state index in [4.69, 9.17) is 4.74 Å². The van der Waals surface area contributed by atoms with E-state index in [2.05, 4.69) is 35.8 Å². The van der Waals surface area contributed by atoms with Crippen LogP contribution in [0.25, 0.3) is 0 Å². The average molecular weight is 303 g/mol. The first-order chi connectivity index (χ1) is 10.3. The molecule has 2 aliphatic heterocycles. The van der Waals surface area contributed by atoms with Crippen LogP contribution >= 0.6 is 0 Å². The van der Waals surface area contributed by atoms with Crippen LogP contribution in [-0.4, -0.2) is 35.3 Å². The van der Waals surface area contributed by atoms with Gasteiger partial charge in [-0.05, 0) is 45.4 Å². The number of fused-ring (bicyclic) bond motifs is 1. The molecule has 1 amide bonds. The fourth-order valence-corrected chi connectivity index (χ4v) is 3.06. The molecule has 0 saturated carbocycles. The largest absolute Gasteiger partial charge is 0.444 e. The Morgan fingerprint density at radius 1 is 1.18 bits per heavy atom. The molecule has 1 aromatic rings. The summed E-state index contributed by atoms with van der Waals surface area (Å²) in [5.74, 6) is 0. The molecule has 2 N–H and O–H groups in total. The van der Waals surface area contributed by atoms with Gasteiger partial charge in [-0.3, -0.25) is 0 Å². The number of piperidine rings is 1. The number of carbonyl (C=O) groups excluding carboxylic acids is 1. The van der Waals surface area contributed by atoms with E-state index in [9.17, 15) is 4.79 Å². The van der Waals surface area contributed by atoms with Crippen molar-refractivity contribution in [3.8, 4) is 0 Å². The highest BCUT2D eigenvalue weighted by atomic mass is 16.6. The van der Waals surface area contributed by atoms with Crippen LogP contribution in [0.2, 0.25) is 0 Å². The fraction of sp³-hybridized carbons (Fsp3) is 0.588. The molecule has 5 heteroatoms. The Kier molecular flexibility index (Phi) is 3.46. The Morgan fingerprint density at radius 2 is 1.82 bits per heavy atom. The van der Waals surface area contributed by atoms with Crippen LogP contribution in [0, 0.1) is 6.92 Å². The first-order valence-corrected chi connectivity index (χ1v) is 7.91. The van der Waals surface area contributed by atoms with Gasteiger partial charge >= 0.3 is 6.09 Å². The molecular weight excluding hydrogens is 278 g/mol. The third kappa shape index (κ3) is 2.98. The van der Waals surface area contributed by atoms with Gasteiger partial charge in [0.25, 0.3) is 0 Å². The number of amides is 1. The van der Waals surface area contributed by atoms with E-state index in [-0.39, 0.29) is 11.8 Å². The predicted octanol–water partition coefficient (Wildman–Crippen LogP) is 3.56. The summed E-state index contributed by atoms with van der Waals surface area (Å²) in [6, 6.07) is 6.40. The number of aryl methyl sites for hydroxylation is 1. The van der Waals surface area contributed by atoms with Gasteiger partial charge in [-0.1, -0.05) is 6.07 Å². The summed E-state index contributed by atoms with van der Waals surface area (Å²) in [7, 11) is 0. The summed E-state index contributed by atoms with van der Waals surface area (Å²) in [6.45, 7) is 9.18. The van der Waals surface area contributed by atoms with Gasteiger partial charge in [-0.2, -0.15) is 0 Å². The topological polar surface area (TPSA) is 53.6 Å². The molecule has 22 heavy (non-hydrogen) atoms. The molecule has 3 rings (SSSR count). The summed E-state index contributed by atoms with van der Waals surface area (Å²) in [5, 5.41) is 7.20. The van der Waals surface area contributed by atoms with Crippen molar-refractivity contribution in [2.75, 3.05) is 23.7 Å². The van der Waals surface area contributed by atoms with Gasteiger partial charge in [0, 0.05) is 25.9 Å². The molecule has 120 valence electrons. The lowest BCUT2D eigenvalue weighted by molar-refractivity contribution is 0.0188. The van der Waals surface area contributed by atoms with Crippen LogP contribution in [0.15, 0.2) is 18.2 Å². The van der Waals surface area contributed by atoms with E-state index in [1.54, 1.807) is 4.90 Å². The summed E-state index contributed by atoms with van der Waals surface area (Å²) < 4.78 is 5.45. The molecular formula is C17H25N3O2. The molecule has 0 aromatic heterocycles. The summed E-state index contributed by atoms with van der Waals surface area (Å²) in [6.07, 6.45) is 1.51. The Bertz CT molecular complexity index is 584. The van der Waals surface area contributed by atoms with Gasteiger partial charge in [-0.25, -0.2) is 4.79 Å². The summed E-state index contributed by atoms with van der Waals surface area (Å²) >= 11 is 0. The molecule has 1 aromatic carbocycles. The highest BCUT2D eigenvalue weighted by Gasteiger charge is 2.40. The molecule has 2 heterocycles. The molecule has 0 radical (unpaired) electrons. The minimum absolute atomic E-state index is 0.130. The number of carbonyl (C=O) groups is 1. The zero-order valence-electron chi connectivity index (χ0n) is 13.8. The van der Waals surface area contributed by atoms with Crippen molar-refractivity contribution in [2.45, 2.75) is 51.8 Å². The van der Waals surface area contributed by atoms with Crippen molar-refractivity contribution < 1.29 is 9.53 Å². The standard InChI is InChI=1S/C17H25N3O2/c1-12-5-6-13-14(11-12)19-17(18-13)7-9-20(10-8-17)15(21)22-16(2,3)4/h5-6,11,18-19H,7-10H2,1-4H3. The predicted molar refractivity (Wildman–Crippen MR) is 88.2 cm³/mol. The number of hydrogen-bond donors (Lipinski definition) is 2. The smallest absolute Gasteiger partial charge is 0.410 e.